The monoisotopic (exact) mass is 418 g/mol. The number of carbonyl (C=O) groups excluding carboxylic acids is 1. The third-order valence-electron chi connectivity index (χ3n) is 4.79. The zero-order valence-corrected chi connectivity index (χ0v) is 16.6. The zero-order valence-electron chi connectivity index (χ0n) is 13.3. The van der Waals surface area contributed by atoms with Crippen LogP contribution in [0, 0.1) is 0 Å². The summed E-state index contributed by atoms with van der Waals surface area (Å²) in [6.07, 6.45) is 5.43. The number of benzene rings is 1. The second-order valence-electron chi connectivity index (χ2n) is 6.32. The molecule has 1 aromatic rings. The third kappa shape index (κ3) is 5.12. The van der Waals surface area contributed by atoms with Crippen molar-refractivity contribution in [3.05, 3.63) is 28.7 Å². The van der Waals surface area contributed by atoms with Crippen molar-refractivity contribution in [2.75, 3.05) is 12.8 Å². The number of nitrogens with one attached hydrogen (secondary N) is 1. The molecule has 1 amide bonds. The third-order valence-corrected chi connectivity index (χ3v) is 6.33. The number of amides is 1. The van der Waals surface area contributed by atoms with Gasteiger partial charge in [0.1, 0.15) is 0 Å². The Bertz CT molecular complexity index is 516. The lowest BCUT2D eigenvalue weighted by molar-refractivity contribution is -0.132. The fourth-order valence-corrected chi connectivity index (χ4v) is 4.62. The van der Waals surface area contributed by atoms with E-state index in [1.54, 1.807) is 11.8 Å². The lowest BCUT2D eigenvalue weighted by Crippen LogP contribution is -2.48. The zero-order chi connectivity index (χ0) is 15.5. The lowest BCUT2D eigenvalue weighted by Gasteiger charge is -2.35. The van der Waals surface area contributed by atoms with Crippen LogP contribution in [0.5, 0.6) is 0 Å². The Labute approximate surface area is 157 Å². The summed E-state index contributed by atoms with van der Waals surface area (Å²) in [6, 6.07) is 9.97. The highest BCUT2D eigenvalue weighted by Gasteiger charge is 2.36. The van der Waals surface area contributed by atoms with E-state index in [1.807, 2.05) is 24.1 Å². The van der Waals surface area contributed by atoms with Crippen molar-refractivity contribution < 1.29 is 4.79 Å². The number of rotatable bonds is 5. The fourth-order valence-electron chi connectivity index (χ4n) is 3.51. The van der Waals surface area contributed by atoms with Crippen LogP contribution < -0.4 is 5.32 Å². The van der Waals surface area contributed by atoms with E-state index in [1.165, 1.54) is 17.7 Å². The molecule has 128 valence electrons. The normalized spacial score (nSPS) is 25.7. The second kappa shape index (κ2) is 8.75. The van der Waals surface area contributed by atoms with Gasteiger partial charge in [-0.25, -0.2) is 0 Å². The number of thioether (sulfide) groups is 1. The van der Waals surface area contributed by atoms with E-state index in [-0.39, 0.29) is 18.3 Å². The van der Waals surface area contributed by atoms with Gasteiger partial charge in [-0.2, -0.15) is 0 Å². The molecule has 2 unspecified atom stereocenters. The molecule has 2 bridgehead atoms. The van der Waals surface area contributed by atoms with E-state index in [4.69, 9.17) is 0 Å². The molecule has 2 fully saturated rings. The van der Waals surface area contributed by atoms with Crippen molar-refractivity contribution in [2.24, 2.45) is 0 Å². The van der Waals surface area contributed by atoms with Gasteiger partial charge in [-0.1, -0.05) is 15.9 Å². The maximum absolute atomic E-state index is 12.4. The summed E-state index contributed by atoms with van der Waals surface area (Å²) < 4.78 is 1.09. The largest absolute Gasteiger partial charge is 0.343 e. The predicted octanol–water partition coefficient (Wildman–Crippen LogP) is 4.09. The molecule has 23 heavy (non-hydrogen) atoms. The number of carbonyl (C=O) groups is 1. The van der Waals surface area contributed by atoms with E-state index in [9.17, 15) is 4.79 Å². The molecule has 0 aliphatic carbocycles. The van der Waals surface area contributed by atoms with Gasteiger partial charge in [-0.15, -0.1) is 24.2 Å². The predicted molar refractivity (Wildman–Crippen MR) is 102 cm³/mol. The highest BCUT2D eigenvalue weighted by atomic mass is 79.9. The number of piperidine rings is 1. The minimum absolute atomic E-state index is 0. The number of hydrogen-bond donors (Lipinski definition) is 1. The summed E-state index contributed by atoms with van der Waals surface area (Å²) >= 11 is 5.19. The molecule has 2 aliphatic heterocycles. The highest BCUT2D eigenvalue weighted by Crippen LogP contribution is 2.29. The Kier molecular flexibility index (Phi) is 7.26. The summed E-state index contributed by atoms with van der Waals surface area (Å²) in [5.74, 6) is 1.14. The van der Waals surface area contributed by atoms with Crippen molar-refractivity contribution in [1.82, 2.24) is 10.2 Å². The van der Waals surface area contributed by atoms with Crippen molar-refractivity contribution in [2.45, 2.75) is 55.1 Å². The lowest BCUT2D eigenvalue weighted by atomic mass is 9.98. The average molecular weight is 420 g/mol. The molecule has 2 saturated heterocycles. The summed E-state index contributed by atoms with van der Waals surface area (Å²) in [4.78, 5) is 15.6. The van der Waals surface area contributed by atoms with Crippen molar-refractivity contribution in [3.8, 4) is 0 Å². The molecule has 0 spiro atoms. The topological polar surface area (TPSA) is 32.3 Å². The van der Waals surface area contributed by atoms with E-state index >= 15 is 0 Å². The van der Waals surface area contributed by atoms with Crippen LogP contribution in [0.2, 0.25) is 0 Å². The summed E-state index contributed by atoms with van der Waals surface area (Å²) in [6.45, 7) is 0. The van der Waals surface area contributed by atoms with Crippen LogP contribution in [0.4, 0.5) is 0 Å². The van der Waals surface area contributed by atoms with E-state index in [2.05, 4.69) is 33.4 Å². The van der Waals surface area contributed by atoms with Gasteiger partial charge in [0.25, 0.3) is 0 Å². The Balaban J connectivity index is 0.00000192. The number of hydrogen-bond acceptors (Lipinski definition) is 3. The number of fused-ring (bicyclic) bond motifs is 2. The first kappa shape index (κ1) is 19.1. The number of halogens is 2. The van der Waals surface area contributed by atoms with Crippen LogP contribution >= 0.6 is 40.1 Å². The van der Waals surface area contributed by atoms with E-state index in [0.29, 0.717) is 24.5 Å². The van der Waals surface area contributed by atoms with Gasteiger partial charge < -0.3 is 10.2 Å². The second-order valence-corrected chi connectivity index (χ2v) is 8.40. The Hall–Kier alpha value is -0.230. The van der Waals surface area contributed by atoms with Crippen LogP contribution in [0.25, 0.3) is 0 Å². The SMILES string of the molecule is CN(C(=O)CCSc1ccc(Br)cc1)C1CC2CCC(C1)N2.Cl. The summed E-state index contributed by atoms with van der Waals surface area (Å²) in [5.41, 5.74) is 0. The van der Waals surface area contributed by atoms with Gasteiger partial charge in [0.2, 0.25) is 5.91 Å². The molecule has 2 aliphatic rings. The minimum Gasteiger partial charge on any atom is -0.343 e. The van der Waals surface area contributed by atoms with Crippen LogP contribution in [0.3, 0.4) is 0 Å². The van der Waals surface area contributed by atoms with Crippen LogP contribution in [-0.4, -0.2) is 41.7 Å². The molecule has 6 heteroatoms. The van der Waals surface area contributed by atoms with Crippen LogP contribution in [0.15, 0.2) is 33.6 Å². The Morgan fingerprint density at radius 1 is 1.26 bits per heavy atom. The van der Waals surface area contributed by atoms with Crippen LogP contribution in [0.1, 0.15) is 32.1 Å². The van der Waals surface area contributed by atoms with E-state index < -0.39 is 0 Å². The molecule has 1 aromatic carbocycles. The smallest absolute Gasteiger partial charge is 0.223 e. The number of nitrogens with zero attached hydrogens (tertiary/aromatic N) is 1. The summed E-state index contributed by atoms with van der Waals surface area (Å²) in [7, 11) is 1.99. The molecule has 2 atom stereocenters. The van der Waals surface area contributed by atoms with Crippen molar-refractivity contribution in [3.63, 3.8) is 0 Å². The Morgan fingerprint density at radius 3 is 2.48 bits per heavy atom. The standard InChI is InChI=1S/C17H23BrN2OS.ClH/c1-20(15-10-13-4-5-14(11-15)19-13)17(21)8-9-22-16-6-2-12(18)3-7-16;/h2-3,6-7,13-15,19H,4-5,8-11H2,1H3;1H. The van der Waals surface area contributed by atoms with Gasteiger partial charge in [0.15, 0.2) is 0 Å². The quantitative estimate of drug-likeness (QED) is 0.729. The minimum atomic E-state index is 0. The molecule has 3 nitrogen and oxygen atoms in total. The van der Waals surface area contributed by atoms with Gasteiger partial charge in [-0.05, 0) is 49.9 Å². The summed E-state index contributed by atoms with van der Waals surface area (Å²) in [5, 5.41) is 3.64. The van der Waals surface area contributed by atoms with Crippen LogP contribution in [-0.2, 0) is 4.79 Å². The molecule has 0 radical (unpaired) electrons. The first-order chi connectivity index (χ1) is 10.6. The molecular weight excluding hydrogens is 396 g/mol. The van der Waals surface area contributed by atoms with Gasteiger partial charge in [0.05, 0.1) is 0 Å². The molecule has 1 N–H and O–H groups in total. The maximum atomic E-state index is 12.4. The van der Waals surface area contributed by atoms with E-state index in [0.717, 1.165) is 23.1 Å². The van der Waals surface area contributed by atoms with Crippen molar-refractivity contribution >= 4 is 46.0 Å². The van der Waals surface area contributed by atoms with Crippen molar-refractivity contribution in [1.29, 1.82) is 0 Å². The first-order valence-corrected chi connectivity index (χ1v) is 9.80. The molecule has 0 saturated carbocycles. The molecule has 3 rings (SSSR count). The maximum Gasteiger partial charge on any atom is 0.223 e. The van der Waals surface area contributed by atoms with Gasteiger partial charge in [-0.3, -0.25) is 4.79 Å². The highest BCUT2D eigenvalue weighted by molar-refractivity contribution is 9.10. The van der Waals surface area contributed by atoms with Gasteiger partial charge >= 0.3 is 0 Å². The molecular formula is C17H24BrClN2OS. The Morgan fingerprint density at radius 2 is 1.87 bits per heavy atom. The first-order valence-electron chi connectivity index (χ1n) is 8.02. The molecule has 2 heterocycles. The fraction of sp³-hybridized carbons (Fsp3) is 0.588. The average Bonchev–Trinajstić information content (AvgIpc) is 2.86. The molecule has 0 aromatic heterocycles. The van der Waals surface area contributed by atoms with Gasteiger partial charge in [0, 0.05) is 46.7 Å².